The lowest BCUT2D eigenvalue weighted by atomic mass is 10.1. The van der Waals surface area contributed by atoms with Gasteiger partial charge in [0.2, 0.25) is 0 Å². The van der Waals surface area contributed by atoms with Crippen molar-refractivity contribution in [3.05, 3.63) is 24.3 Å². The van der Waals surface area contributed by atoms with Gasteiger partial charge in [-0.3, -0.25) is 0 Å². The van der Waals surface area contributed by atoms with Crippen LogP contribution in [0.5, 0.6) is 0 Å². The van der Waals surface area contributed by atoms with Crippen molar-refractivity contribution in [3.63, 3.8) is 0 Å². The Kier molecular flexibility index (Phi) is 20.0. The summed E-state index contributed by atoms with van der Waals surface area (Å²) in [6.45, 7) is 4.40. The number of allylic oxidation sites excluding steroid dienone is 4. The zero-order chi connectivity index (χ0) is 16.1. The van der Waals surface area contributed by atoms with Crippen molar-refractivity contribution in [3.8, 4) is 0 Å². The van der Waals surface area contributed by atoms with Crippen molar-refractivity contribution in [2.75, 3.05) is 0 Å². The topological polar surface area (TPSA) is 0 Å². The van der Waals surface area contributed by atoms with E-state index in [9.17, 15) is 0 Å². The van der Waals surface area contributed by atoms with E-state index in [4.69, 9.17) is 0 Å². The molecule has 0 aromatic rings. The van der Waals surface area contributed by atoms with Gasteiger partial charge in [0.15, 0.2) is 0 Å². The Balaban J connectivity index is 3.05. The molecule has 0 aliphatic carbocycles. The molecule has 0 spiro atoms. The largest absolute Gasteiger partial charge is 0.0917 e. The summed E-state index contributed by atoms with van der Waals surface area (Å²) in [4.78, 5) is 0. The fourth-order valence-corrected chi connectivity index (χ4v) is 2.85. The smallest absolute Gasteiger partial charge is 0.0351 e. The number of rotatable bonds is 17. The molecule has 0 saturated heterocycles. The van der Waals surface area contributed by atoms with Crippen molar-refractivity contribution >= 4 is 0 Å². The maximum Gasteiger partial charge on any atom is -0.0351 e. The van der Waals surface area contributed by atoms with Gasteiger partial charge >= 0.3 is 0 Å². The zero-order valence-electron chi connectivity index (χ0n) is 15.6. The Labute approximate surface area is 141 Å². The molecule has 0 saturated carbocycles. The molecule has 0 aromatic carbocycles. The van der Waals surface area contributed by atoms with Gasteiger partial charge in [0.1, 0.15) is 0 Å². The van der Waals surface area contributed by atoms with Crippen LogP contribution in [0.2, 0.25) is 0 Å². The lowest BCUT2D eigenvalue weighted by Gasteiger charge is -2.00. The van der Waals surface area contributed by atoms with Gasteiger partial charge in [-0.05, 0) is 45.4 Å². The monoisotopic (exact) mass is 306 g/mol. The van der Waals surface area contributed by atoms with E-state index >= 15 is 0 Å². The molecule has 0 nitrogen and oxygen atoms in total. The number of unbranched alkanes of at least 4 members (excludes halogenated alkanes) is 14. The number of hydrogen-bond acceptors (Lipinski definition) is 0. The van der Waals surface area contributed by atoms with E-state index in [2.05, 4.69) is 38.2 Å². The van der Waals surface area contributed by atoms with E-state index in [1.165, 1.54) is 103 Å². The third-order valence-electron chi connectivity index (χ3n) is 4.37. The molecule has 0 fully saturated rings. The molecule has 0 atom stereocenters. The van der Waals surface area contributed by atoms with Gasteiger partial charge in [-0.25, -0.2) is 0 Å². The minimum atomic E-state index is 1.28. The number of hydrogen-bond donors (Lipinski definition) is 0. The molecule has 0 radical (unpaired) electrons. The Morgan fingerprint density at radius 1 is 0.455 bits per heavy atom. The molecule has 130 valence electrons. The van der Waals surface area contributed by atoms with E-state index in [0.717, 1.165) is 0 Å². The standard InChI is InChI=1S/C22H42/c1-3-5-7-9-11-13-15-17-19-21-22-20-18-16-14-12-10-8-6-4-2/h3,5,18,20H,4,6-17,19,21-22H2,1-2H3. The first-order chi connectivity index (χ1) is 10.9. The highest BCUT2D eigenvalue weighted by Crippen LogP contribution is 2.11. The van der Waals surface area contributed by atoms with Gasteiger partial charge in [0.05, 0.1) is 0 Å². The third kappa shape index (κ3) is 19.5. The average Bonchev–Trinajstić information content (AvgIpc) is 2.54. The summed E-state index contributed by atoms with van der Waals surface area (Å²) in [5.74, 6) is 0. The zero-order valence-corrected chi connectivity index (χ0v) is 15.6. The average molecular weight is 307 g/mol. The third-order valence-corrected chi connectivity index (χ3v) is 4.37. The molecule has 0 aromatic heterocycles. The lowest BCUT2D eigenvalue weighted by Crippen LogP contribution is -1.80. The maximum atomic E-state index is 2.42. The molecular weight excluding hydrogens is 264 g/mol. The SMILES string of the molecule is CC=CCCCCCCCCCC=CCCCCCCCC. The molecule has 0 N–H and O–H groups in total. The summed E-state index contributed by atoms with van der Waals surface area (Å²) in [7, 11) is 0. The van der Waals surface area contributed by atoms with Crippen molar-refractivity contribution in [1.82, 2.24) is 0 Å². The minimum Gasteiger partial charge on any atom is -0.0917 e. The van der Waals surface area contributed by atoms with Crippen LogP contribution in [0.25, 0.3) is 0 Å². The summed E-state index contributed by atoms with van der Waals surface area (Å²) < 4.78 is 0. The molecule has 0 aliphatic heterocycles. The minimum absolute atomic E-state index is 1.28. The quantitative estimate of drug-likeness (QED) is 0.187. The molecule has 0 aliphatic rings. The van der Waals surface area contributed by atoms with Gasteiger partial charge in [0, 0.05) is 0 Å². The van der Waals surface area contributed by atoms with Crippen LogP contribution in [0.3, 0.4) is 0 Å². The van der Waals surface area contributed by atoms with Crippen molar-refractivity contribution in [2.24, 2.45) is 0 Å². The van der Waals surface area contributed by atoms with Gasteiger partial charge in [-0.1, -0.05) is 95.4 Å². The van der Waals surface area contributed by atoms with Crippen molar-refractivity contribution < 1.29 is 0 Å². The van der Waals surface area contributed by atoms with Gasteiger partial charge in [-0.2, -0.15) is 0 Å². The summed E-state index contributed by atoms with van der Waals surface area (Å²) >= 11 is 0. The fourth-order valence-electron chi connectivity index (χ4n) is 2.85. The fraction of sp³-hybridized carbons (Fsp3) is 0.818. The van der Waals surface area contributed by atoms with E-state index in [-0.39, 0.29) is 0 Å². The summed E-state index contributed by atoms with van der Waals surface area (Å²) in [5.41, 5.74) is 0. The normalized spacial score (nSPS) is 11.9. The summed E-state index contributed by atoms with van der Waals surface area (Å²) in [6.07, 6.45) is 31.6. The van der Waals surface area contributed by atoms with Crippen LogP contribution >= 0.6 is 0 Å². The Bertz CT molecular complexity index is 236. The molecule has 0 unspecified atom stereocenters. The summed E-state index contributed by atoms with van der Waals surface area (Å²) in [5, 5.41) is 0. The van der Waals surface area contributed by atoms with E-state index in [1.54, 1.807) is 0 Å². The molecule has 0 rings (SSSR count). The second-order valence-electron chi connectivity index (χ2n) is 6.65. The van der Waals surface area contributed by atoms with Gasteiger partial charge in [-0.15, -0.1) is 0 Å². The van der Waals surface area contributed by atoms with E-state index in [0.29, 0.717) is 0 Å². The lowest BCUT2D eigenvalue weighted by molar-refractivity contribution is 0.583. The van der Waals surface area contributed by atoms with Crippen LogP contribution in [0.1, 0.15) is 117 Å². The summed E-state index contributed by atoms with van der Waals surface area (Å²) in [6, 6.07) is 0. The Morgan fingerprint density at radius 2 is 0.818 bits per heavy atom. The van der Waals surface area contributed by atoms with Crippen molar-refractivity contribution in [1.29, 1.82) is 0 Å². The first-order valence-electron chi connectivity index (χ1n) is 10.2. The van der Waals surface area contributed by atoms with Crippen LogP contribution in [0, 0.1) is 0 Å². The van der Waals surface area contributed by atoms with E-state index < -0.39 is 0 Å². The van der Waals surface area contributed by atoms with Crippen LogP contribution in [-0.2, 0) is 0 Å². The van der Waals surface area contributed by atoms with Crippen LogP contribution in [-0.4, -0.2) is 0 Å². The molecule has 0 amide bonds. The highest BCUT2D eigenvalue weighted by atomic mass is 14.0. The first-order valence-corrected chi connectivity index (χ1v) is 10.2. The molecule has 0 heterocycles. The molecule has 0 heteroatoms. The second kappa shape index (κ2) is 20.5. The Morgan fingerprint density at radius 3 is 1.23 bits per heavy atom. The van der Waals surface area contributed by atoms with Crippen LogP contribution < -0.4 is 0 Å². The van der Waals surface area contributed by atoms with Gasteiger partial charge in [0.25, 0.3) is 0 Å². The van der Waals surface area contributed by atoms with Crippen molar-refractivity contribution in [2.45, 2.75) is 117 Å². The predicted molar refractivity (Wildman–Crippen MR) is 104 cm³/mol. The highest BCUT2D eigenvalue weighted by molar-refractivity contribution is 4.81. The second-order valence-corrected chi connectivity index (χ2v) is 6.65. The van der Waals surface area contributed by atoms with Gasteiger partial charge < -0.3 is 0 Å². The molecule has 22 heavy (non-hydrogen) atoms. The van der Waals surface area contributed by atoms with Crippen LogP contribution in [0.4, 0.5) is 0 Å². The maximum absolute atomic E-state index is 2.42. The Hall–Kier alpha value is -0.520. The first kappa shape index (κ1) is 21.5. The molecule has 0 bridgehead atoms. The van der Waals surface area contributed by atoms with E-state index in [1.807, 2.05) is 0 Å². The molecular formula is C22H42. The predicted octanol–water partition coefficient (Wildman–Crippen LogP) is 8.38. The highest BCUT2D eigenvalue weighted by Gasteiger charge is 1.91. The van der Waals surface area contributed by atoms with Crippen LogP contribution in [0.15, 0.2) is 24.3 Å².